The number of nitrogens with one attached hydrogen (secondary N) is 1. The third-order valence-electron chi connectivity index (χ3n) is 4.68. The molecule has 3 N–H and O–H groups in total. The van der Waals surface area contributed by atoms with E-state index in [1.54, 1.807) is 6.07 Å². The summed E-state index contributed by atoms with van der Waals surface area (Å²) in [6, 6.07) is 5.47. The quantitative estimate of drug-likeness (QED) is 0.710. The highest BCUT2D eigenvalue weighted by molar-refractivity contribution is 6.03. The second-order valence-electron chi connectivity index (χ2n) is 6.27. The molecule has 2 aromatic rings. The highest BCUT2D eigenvalue weighted by Crippen LogP contribution is 2.26. The van der Waals surface area contributed by atoms with Gasteiger partial charge in [0.2, 0.25) is 0 Å². The monoisotopic (exact) mass is 331 g/mol. The molecular weight excluding hydrogens is 306 g/mol. The number of benzene rings is 1. The number of carboxylic acids is 1. The second-order valence-corrected chi connectivity index (χ2v) is 6.27. The standard InChI is InChI=1S/C18H25N3O3/c22-12-2-8-21-13-14(5-9-20-10-6-19-7-11-20)15-3-1-4-16(17(15)21)18(23)24/h1,3-4,13,19,22H,2,5-12H2,(H,23,24). The Morgan fingerprint density at radius 3 is 2.71 bits per heavy atom. The average Bonchev–Trinajstić information content (AvgIpc) is 2.97. The van der Waals surface area contributed by atoms with E-state index < -0.39 is 5.97 Å². The van der Waals surface area contributed by atoms with Gasteiger partial charge in [0.25, 0.3) is 0 Å². The van der Waals surface area contributed by atoms with Gasteiger partial charge in [0.1, 0.15) is 0 Å². The number of para-hydroxylation sites is 1. The lowest BCUT2D eigenvalue weighted by molar-refractivity contribution is 0.0698. The van der Waals surface area contributed by atoms with Crippen LogP contribution in [0.25, 0.3) is 10.9 Å². The van der Waals surface area contributed by atoms with Gasteiger partial charge in [-0.05, 0) is 24.5 Å². The maximum absolute atomic E-state index is 11.6. The fourth-order valence-corrected chi connectivity index (χ4v) is 3.44. The molecule has 3 rings (SSSR count). The zero-order valence-corrected chi connectivity index (χ0v) is 13.9. The molecular formula is C18H25N3O3. The minimum Gasteiger partial charge on any atom is -0.478 e. The molecule has 0 aliphatic carbocycles. The molecule has 0 unspecified atom stereocenters. The third kappa shape index (κ3) is 3.61. The number of aromatic nitrogens is 1. The number of aliphatic hydroxyl groups is 1. The highest BCUT2D eigenvalue weighted by Gasteiger charge is 2.17. The molecule has 24 heavy (non-hydrogen) atoms. The number of aryl methyl sites for hydroxylation is 1. The summed E-state index contributed by atoms with van der Waals surface area (Å²) in [5, 5.41) is 23.0. The van der Waals surface area contributed by atoms with Gasteiger partial charge in [-0.2, -0.15) is 0 Å². The Kier molecular flexibility index (Phi) is 5.50. The molecule has 6 nitrogen and oxygen atoms in total. The molecule has 2 heterocycles. The molecule has 1 saturated heterocycles. The van der Waals surface area contributed by atoms with Crippen LogP contribution in [0, 0.1) is 0 Å². The van der Waals surface area contributed by atoms with Crippen molar-refractivity contribution in [3.8, 4) is 0 Å². The first kappa shape index (κ1) is 17.0. The van der Waals surface area contributed by atoms with Crippen molar-refractivity contribution in [1.29, 1.82) is 0 Å². The van der Waals surface area contributed by atoms with Crippen molar-refractivity contribution in [1.82, 2.24) is 14.8 Å². The van der Waals surface area contributed by atoms with Gasteiger partial charge >= 0.3 is 5.97 Å². The first-order valence-corrected chi connectivity index (χ1v) is 8.58. The van der Waals surface area contributed by atoms with E-state index in [0.29, 0.717) is 18.5 Å². The number of nitrogens with zero attached hydrogens (tertiary/aromatic N) is 2. The molecule has 6 heteroatoms. The number of fused-ring (bicyclic) bond motifs is 1. The van der Waals surface area contributed by atoms with Crippen molar-refractivity contribution in [3.63, 3.8) is 0 Å². The van der Waals surface area contributed by atoms with Crippen molar-refractivity contribution in [2.75, 3.05) is 39.3 Å². The minimum absolute atomic E-state index is 0.102. The fourth-order valence-electron chi connectivity index (χ4n) is 3.44. The molecule has 0 saturated carbocycles. The largest absolute Gasteiger partial charge is 0.478 e. The first-order valence-electron chi connectivity index (χ1n) is 8.58. The molecule has 1 aromatic heterocycles. The van der Waals surface area contributed by atoms with E-state index >= 15 is 0 Å². The van der Waals surface area contributed by atoms with Gasteiger partial charge in [-0.15, -0.1) is 0 Å². The minimum atomic E-state index is -0.905. The Morgan fingerprint density at radius 1 is 1.21 bits per heavy atom. The summed E-state index contributed by atoms with van der Waals surface area (Å²) in [6.45, 7) is 5.89. The van der Waals surface area contributed by atoms with Crippen molar-refractivity contribution in [2.45, 2.75) is 19.4 Å². The van der Waals surface area contributed by atoms with Gasteiger partial charge in [0.05, 0.1) is 11.1 Å². The predicted octanol–water partition coefficient (Wildman–Crippen LogP) is 1.17. The summed E-state index contributed by atoms with van der Waals surface area (Å²) >= 11 is 0. The SMILES string of the molecule is O=C(O)c1cccc2c(CCN3CCNCC3)cn(CCCO)c12. The van der Waals surface area contributed by atoms with Crippen LogP contribution in [0.4, 0.5) is 0 Å². The second kappa shape index (κ2) is 7.79. The first-order chi connectivity index (χ1) is 11.7. The molecule has 0 atom stereocenters. The molecule has 0 amide bonds. The molecule has 1 fully saturated rings. The molecule has 1 aliphatic rings. The predicted molar refractivity (Wildman–Crippen MR) is 93.6 cm³/mol. The summed E-state index contributed by atoms with van der Waals surface area (Å²) in [6.07, 6.45) is 3.59. The van der Waals surface area contributed by atoms with Crippen LogP contribution in [-0.4, -0.2) is 65.0 Å². The molecule has 0 radical (unpaired) electrons. The summed E-state index contributed by atoms with van der Waals surface area (Å²) in [5.74, 6) is -0.905. The van der Waals surface area contributed by atoms with Gasteiger partial charge in [-0.1, -0.05) is 12.1 Å². The average molecular weight is 331 g/mol. The molecule has 0 spiro atoms. The number of rotatable bonds is 7. The summed E-state index contributed by atoms with van der Waals surface area (Å²) in [4.78, 5) is 14.0. The third-order valence-corrected chi connectivity index (χ3v) is 4.68. The lowest BCUT2D eigenvalue weighted by Gasteiger charge is -2.26. The normalized spacial score (nSPS) is 15.9. The number of piperazine rings is 1. The lowest BCUT2D eigenvalue weighted by Crippen LogP contribution is -2.44. The molecule has 1 aliphatic heterocycles. The lowest BCUT2D eigenvalue weighted by atomic mass is 10.1. The summed E-state index contributed by atoms with van der Waals surface area (Å²) in [5.41, 5.74) is 2.29. The topological polar surface area (TPSA) is 77.7 Å². The Balaban J connectivity index is 1.89. The number of hydrogen-bond acceptors (Lipinski definition) is 4. The van der Waals surface area contributed by atoms with Crippen LogP contribution in [0.1, 0.15) is 22.3 Å². The Morgan fingerprint density at radius 2 is 2.00 bits per heavy atom. The van der Waals surface area contributed by atoms with Crippen LogP contribution in [0.3, 0.4) is 0 Å². The van der Waals surface area contributed by atoms with Gasteiger partial charge in [-0.3, -0.25) is 0 Å². The summed E-state index contributed by atoms with van der Waals surface area (Å²) < 4.78 is 1.99. The highest BCUT2D eigenvalue weighted by atomic mass is 16.4. The van der Waals surface area contributed by atoms with E-state index in [1.165, 1.54) is 5.56 Å². The number of aliphatic hydroxyl groups excluding tert-OH is 1. The number of aromatic carboxylic acids is 1. The molecule has 130 valence electrons. The smallest absolute Gasteiger partial charge is 0.337 e. The van der Waals surface area contributed by atoms with Gasteiger partial charge in [0.15, 0.2) is 0 Å². The Bertz CT molecular complexity index is 705. The fraction of sp³-hybridized carbons (Fsp3) is 0.500. The maximum Gasteiger partial charge on any atom is 0.337 e. The Hall–Kier alpha value is -1.89. The number of hydrogen-bond donors (Lipinski definition) is 3. The van der Waals surface area contributed by atoms with E-state index in [9.17, 15) is 9.90 Å². The number of carbonyl (C=O) groups is 1. The van der Waals surface area contributed by atoms with Gasteiger partial charge < -0.3 is 25.0 Å². The van der Waals surface area contributed by atoms with Crippen LogP contribution in [0.2, 0.25) is 0 Å². The maximum atomic E-state index is 11.6. The van der Waals surface area contributed by atoms with Crippen LogP contribution in [0.5, 0.6) is 0 Å². The van der Waals surface area contributed by atoms with Gasteiger partial charge in [-0.25, -0.2) is 4.79 Å². The summed E-state index contributed by atoms with van der Waals surface area (Å²) in [7, 11) is 0. The van der Waals surface area contributed by atoms with Gasteiger partial charge in [0, 0.05) is 57.5 Å². The van der Waals surface area contributed by atoms with Crippen LogP contribution in [-0.2, 0) is 13.0 Å². The van der Waals surface area contributed by atoms with Crippen molar-refractivity contribution in [2.24, 2.45) is 0 Å². The molecule has 1 aromatic carbocycles. The van der Waals surface area contributed by atoms with Crippen LogP contribution >= 0.6 is 0 Å². The van der Waals surface area contributed by atoms with E-state index in [4.69, 9.17) is 5.11 Å². The van der Waals surface area contributed by atoms with E-state index in [-0.39, 0.29) is 6.61 Å². The van der Waals surface area contributed by atoms with Crippen molar-refractivity contribution in [3.05, 3.63) is 35.5 Å². The Labute approximate surface area is 141 Å². The number of carboxylic acid groups (broad SMARTS) is 1. The van der Waals surface area contributed by atoms with Crippen molar-refractivity contribution >= 4 is 16.9 Å². The van der Waals surface area contributed by atoms with E-state index in [1.807, 2.05) is 16.7 Å². The molecule has 0 bridgehead atoms. The van der Waals surface area contributed by atoms with Crippen LogP contribution in [0.15, 0.2) is 24.4 Å². The zero-order chi connectivity index (χ0) is 16.9. The van der Waals surface area contributed by atoms with E-state index in [0.717, 1.165) is 50.0 Å². The van der Waals surface area contributed by atoms with E-state index in [2.05, 4.69) is 16.4 Å². The zero-order valence-electron chi connectivity index (χ0n) is 13.9. The van der Waals surface area contributed by atoms with Crippen molar-refractivity contribution < 1.29 is 15.0 Å². The van der Waals surface area contributed by atoms with Crippen LogP contribution < -0.4 is 5.32 Å².